The summed E-state index contributed by atoms with van der Waals surface area (Å²) in [6.45, 7) is 5.31. The smallest absolute Gasteiger partial charge is 0.291 e. The molecular formula is C12H16BrN3O3. The summed E-state index contributed by atoms with van der Waals surface area (Å²) in [7, 11) is 0. The van der Waals surface area contributed by atoms with Crippen molar-refractivity contribution < 1.29 is 9.66 Å². The van der Waals surface area contributed by atoms with Gasteiger partial charge in [0.1, 0.15) is 12.0 Å². The van der Waals surface area contributed by atoms with Crippen molar-refractivity contribution in [3.05, 3.63) is 26.3 Å². The molecule has 1 aliphatic rings. The predicted octanol–water partition coefficient (Wildman–Crippen LogP) is 2.90. The molecule has 1 fully saturated rings. The maximum atomic E-state index is 10.8. The second kappa shape index (κ2) is 5.83. The molecule has 2 rings (SSSR count). The van der Waals surface area contributed by atoms with E-state index >= 15 is 0 Å². The Balaban J connectivity index is 2.09. The number of nitrogens with one attached hydrogen (secondary N) is 1. The zero-order valence-corrected chi connectivity index (χ0v) is 12.4. The van der Waals surface area contributed by atoms with Gasteiger partial charge in [-0.05, 0) is 36.2 Å². The summed E-state index contributed by atoms with van der Waals surface area (Å²) in [5.74, 6) is 1.09. The average molecular weight is 330 g/mol. The number of pyridine rings is 1. The Morgan fingerprint density at radius 1 is 1.68 bits per heavy atom. The first-order valence-electron chi connectivity index (χ1n) is 6.15. The number of aromatic nitrogens is 1. The molecule has 104 valence electrons. The summed E-state index contributed by atoms with van der Waals surface area (Å²) in [6.07, 6.45) is 2.56. The van der Waals surface area contributed by atoms with Gasteiger partial charge in [0.2, 0.25) is 0 Å². The van der Waals surface area contributed by atoms with Crippen LogP contribution in [0.2, 0.25) is 0 Å². The van der Waals surface area contributed by atoms with Gasteiger partial charge in [0.25, 0.3) is 5.69 Å². The fourth-order valence-electron chi connectivity index (χ4n) is 2.15. The zero-order valence-electron chi connectivity index (χ0n) is 10.9. The molecule has 1 aliphatic heterocycles. The molecule has 0 aromatic carbocycles. The summed E-state index contributed by atoms with van der Waals surface area (Å²) >= 11 is 3.36. The second-order valence-corrected chi connectivity index (χ2v) is 5.49. The van der Waals surface area contributed by atoms with E-state index in [-0.39, 0.29) is 11.8 Å². The van der Waals surface area contributed by atoms with E-state index in [1.165, 1.54) is 6.20 Å². The highest BCUT2D eigenvalue weighted by molar-refractivity contribution is 9.10. The molecule has 1 aromatic heterocycles. The van der Waals surface area contributed by atoms with Crippen LogP contribution in [0.15, 0.2) is 10.7 Å². The van der Waals surface area contributed by atoms with Crippen molar-refractivity contribution in [1.29, 1.82) is 0 Å². The van der Waals surface area contributed by atoms with Gasteiger partial charge in [0.15, 0.2) is 0 Å². The minimum atomic E-state index is -0.427. The van der Waals surface area contributed by atoms with Gasteiger partial charge in [0, 0.05) is 24.6 Å². The minimum absolute atomic E-state index is 0.0231. The van der Waals surface area contributed by atoms with E-state index in [4.69, 9.17) is 4.74 Å². The standard InChI is InChI=1S/C12H16BrN3O3/c1-7-10(16(17)18)6-15-12(11(7)13)14-5-9-3-4-19-8(9)2/h6,8-9H,3-5H2,1-2H3,(H,14,15). The predicted molar refractivity (Wildman–Crippen MR) is 75.3 cm³/mol. The van der Waals surface area contributed by atoms with Crippen LogP contribution in [0.3, 0.4) is 0 Å². The van der Waals surface area contributed by atoms with E-state index in [0.717, 1.165) is 19.6 Å². The molecule has 0 amide bonds. The molecule has 7 heteroatoms. The number of nitrogens with zero attached hydrogens (tertiary/aromatic N) is 2. The van der Waals surface area contributed by atoms with Gasteiger partial charge in [0.05, 0.1) is 15.5 Å². The van der Waals surface area contributed by atoms with E-state index in [2.05, 4.69) is 33.2 Å². The largest absolute Gasteiger partial charge is 0.378 e. The summed E-state index contributed by atoms with van der Waals surface area (Å²) < 4.78 is 6.14. The topological polar surface area (TPSA) is 77.3 Å². The maximum absolute atomic E-state index is 10.8. The Hall–Kier alpha value is -1.21. The number of hydrogen-bond donors (Lipinski definition) is 1. The van der Waals surface area contributed by atoms with Crippen LogP contribution in [0, 0.1) is 23.0 Å². The lowest BCUT2D eigenvalue weighted by Gasteiger charge is -2.16. The normalized spacial score (nSPS) is 22.5. The SMILES string of the molecule is Cc1c([N+](=O)[O-])cnc(NCC2CCOC2C)c1Br. The molecule has 0 bridgehead atoms. The monoisotopic (exact) mass is 329 g/mol. The van der Waals surface area contributed by atoms with Crippen LogP contribution in [0.4, 0.5) is 11.5 Å². The Labute approximate surface area is 119 Å². The number of anilines is 1. The van der Waals surface area contributed by atoms with Gasteiger partial charge in [-0.15, -0.1) is 0 Å². The highest BCUT2D eigenvalue weighted by Gasteiger charge is 2.24. The Bertz CT molecular complexity index is 495. The molecule has 0 aliphatic carbocycles. The van der Waals surface area contributed by atoms with E-state index in [1.807, 2.05) is 0 Å². The highest BCUT2D eigenvalue weighted by atomic mass is 79.9. The second-order valence-electron chi connectivity index (χ2n) is 4.69. The fraction of sp³-hybridized carbons (Fsp3) is 0.583. The molecular weight excluding hydrogens is 314 g/mol. The summed E-state index contributed by atoms with van der Waals surface area (Å²) in [4.78, 5) is 14.5. The number of ether oxygens (including phenoxy) is 1. The number of rotatable bonds is 4. The van der Waals surface area contributed by atoms with Crippen LogP contribution in [-0.2, 0) is 4.74 Å². The highest BCUT2D eigenvalue weighted by Crippen LogP contribution is 2.31. The molecule has 0 saturated carbocycles. The van der Waals surface area contributed by atoms with Gasteiger partial charge in [-0.3, -0.25) is 10.1 Å². The molecule has 1 saturated heterocycles. The third-order valence-corrected chi connectivity index (χ3v) is 4.47. The third-order valence-electron chi connectivity index (χ3n) is 3.50. The van der Waals surface area contributed by atoms with Gasteiger partial charge in [-0.2, -0.15) is 0 Å². The lowest BCUT2D eigenvalue weighted by molar-refractivity contribution is -0.385. The first kappa shape index (κ1) is 14.2. The quantitative estimate of drug-likeness (QED) is 0.678. The molecule has 1 aromatic rings. The van der Waals surface area contributed by atoms with E-state index < -0.39 is 4.92 Å². The van der Waals surface area contributed by atoms with E-state index in [1.54, 1.807) is 6.92 Å². The van der Waals surface area contributed by atoms with Gasteiger partial charge in [-0.1, -0.05) is 0 Å². The minimum Gasteiger partial charge on any atom is -0.378 e. The molecule has 0 radical (unpaired) electrons. The zero-order chi connectivity index (χ0) is 14.0. The van der Waals surface area contributed by atoms with Crippen LogP contribution in [0.5, 0.6) is 0 Å². The molecule has 6 nitrogen and oxygen atoms in total. The molecule has 0 spiro atoms. The average Bonchev–Trinajstić information content (AvgIpc) is 2.76. The first-order valence-corrected chi connectivity index (χ1v) is 6.95. The summed E-state index contributed by atoms with van der Waals surface area (Å²) in [6, 6.07) is 0. The van der Waals surface area contributed by atoms with Crippen molar-refractivity contribution in [2.45, 2.75) is 26.4 Å². The van der Waals surface area contributed by atoms with Crippen molar-refractivity contribution in [1.82, 2.24) is 4.98 Å². The van der Waals surface area contributed by atoms with Gasteiger partial charge >= 0.3 is 0 Å². The van der Waals surface area contributed by atoms with Gasteiger partial charge in [-0.25, -0.2) is 4.98 Å². The number of halogens is 1. The maximum Gasteiger partial charge on any atom is 0.291 e. The van der Waals surface area contributed by atoms with Crippen LogP contribution in [-0.4, -0.2) is 29.2 Å². The van der Waals surface area contributed by atoms with Crippen LogP contribution in [0.25, 0.3) is 0 Å². The lowest BCUT2D eigenvalue weighted by atomic mass is 10.0. The third kappa shape index (κ3) is 3.03. The lowest BCUT2D eigenvalue weighted by Crippen LogP contribution is -2.21. The van der Waals surface area contributed by atoms with Crippen LogP contribution >= 0.6 is 15.9 Å². The van der Waals surface area contributed by atoms with Crippen molar-refractivity contribution in [3.8, 4) is 0 Å². The molecule has 19 heavy (non-hydrogen) atoms. The molecule has 2 unspecified atom stereocenters. The van der Waals surface area contributed by atoms with Crippen molar-refractivity contribution in [2.24, 2.45) is 5.92 Å². The molecule has 2 atom stereocenters. The Kier molecular flexibility index (Phi) is 4.36. The first-order chi connectivity index (χ1) is 9.00. The molecule has 2 heterocycles. The summed E-state index contributed by atoms with van der Waals surface area (Å²) in [5, 5.41) is 14.0. The number of hydrogen-bond acceptors (Lipinski definition) is 5. The van der Waals surface area contributed by atoms with E-state index in [0.29, 0.717) is 21.8 Å². The Morgan fingerprint density at radius 2 is 2.42 bits per heavy atom. The Morgan fingerprint density at radius 3 is 3.00 bits per heavy atom. The van der Waals surface area contributed by atoms with Crippen LogP contribution in [0.1, 0.15) is 18.9 Å². The van der Waals surface area contributed by atoms with Crippen molar-refractivity contribution in [2.75, 3.05) is 18.5 Å². The fourth-order valence-corrected chi connectivity index (χ4v) is 2.59. The van der Waals surface area contributed by atoms with Crippen molar-refractivity contribution in [3.63, 3.8) is 0 Å². The van der Waals surface area contributed by atoms with Gasteiger partial charge < -0.3 is 10.1 Å². The van der Waals surface area contributed by atoms with Crippen molar-refractivity contribution >= 4 is 27.4 Å². The molecule has 1 N–H and O–H groups in total. The summed E-state index contributed by atoms with van der Waals surface area (Å²) in [5.41, 5.74) is 0.605. The van der Waals surface area contributed by atoms with E-state index in [9.17, 15) is 10.1 Å². The number of nitro groups is 1. The van der Waals surface area contributed by atoms with Crippen LogP contribution < -0.4 is 5.32 Å².